The summed E-state index contributed by atoms with van der Waals surface area (Å²) in [6.45, 7) is 4.54. The van der Waals surface area contributed by atoms with Gasteiger partial charge in [-0.15, -0.1) is 0 Å². The van der Waals surface area contributed by atoms with Gasteiger partial charge < -0.3 is 15.4 Å². The second kappa shape index (κ2) is 14.9. The Balaban J connectivity index is 1.53. The predicted octanol–water partition coefficient (Wildman–Crippen LogP) is 9.05. The van der Waals surface area contributed by atoms with E-state index in [0.717, 1.165) is 0 Å². The number of nitrogens with one attached hydrogen (secondary N) is 2. The molecule has 1 amide bonds. The molecule has 47 heavy (non-hydrogen) atoms. The van der Waals surface area contributed by atoms with Crippen LogP contribution in [0.5, 0.6) is 5.88 Å². The zero-order chi connectivity index (χ0) is 34.7. The summed E-state index contributed by atoms with van der Waals surface area (Å²) < 4.78 is 72.0. The average Bonchev–Trinajstić information content (AvgIpc) is 3.30. The molecule has 2 N–H and O–H groups in total. The molecule has 2 heterocycles. The Morgan fingerprint density at radius 2 is 1.77 bits per heavy atom. The lowest BCUT2D eigenvalue weighted by atomic mass is 9.79. The summed E-state index contributed by atoms with van der Waals surface area (Å²) in [5.74, 6) is -1.79. The van der Waals surface area contributed by atoms with Gasteiger partial charge in [-0.05, 0) is 55.7 Å². The van der Waals surface area contributed by atoms with E-state index < -0.39 is 36.3 Å². The van der Waals surface area contributed by atoms with Gasteiger partial charge >= 0.3 is 6.18 Å². The number of ketones is 1. The number of hydrogen-bond acceptors (Lipinski definition) is 6. The predicted molar refractivity (Wildman–Crippen MR) is 171 cm³/mol. The molecule has 0 bridgehead atoms. The van der Waals surface area contributed by atoms with Crippen LogP contribution in [0.1, 0.15) is 81.6 Å². The lowest BCUT2D eigenvalue weighted by Crippen LogP contribution is -2.34. The highest BCUT2D eigenvalue weighted by atomic mass is 35.5. The third kappa shape index (κ3) is 9.25. The van der Waals surface area contributed by atoms with Crippen molar-refractivity contribution in [2.45, 2.75) is 84.9 Å². The number of alkyl halides is 5. The van der Waals surface area contributed by atoms with Gasteiger partial charge in [0.15, 0.2) is 18.0 Å². The molecule has 1 aromatic carbocycles. The van der Waals surface area contributed by atoms with E-state index >= 15 is 0 Å². The number of Topliss-reactive ketones (excluding diaryl/α,β-unsaturated/α-hetero) is 1. The SMILES string of the molecule is Cn1c(Nc2c(Cl)ccc(CNC(=O)C(C)(C)C)c2Cl)nc2cc(C(=O)CCCC3CCC(C(F)(F)F)CC3)c(OCC(F)F)nc21. The number of nitrogens with zero attached hydrogens (tertiary/aromatic N) is 3. The molecule has 1 fully saturated rings. The minimum absolute atomic E-state index is 0.0174. The normalized spacial score (nSPS) is 17.3. The number of hydrogen-bond donors (Lipinski definition) is 2. The van der Waals surface area contributed by atoms with Gasteiger partial charge in [-0.3, -0.25) is 14.2 Å². The average molecular weight is 707 g/mol. The third-order valence-corrected chi connectivity index (χ3v) is 9.06. The van der Waals surface area contributed by atoms with Gasteiger partial charge in [0, 0.05) is 25.4 Å². The number of aromatic nitrogens is 3. The molecule has 4 rings (SSSR count). The molecule has 15 heteroatoms. The second-order valence-corrected chi connectivity index (χ2v) is 13.7. The van der Waals surface area contributed by atoms with Crippen LogP contribution in [0.25, 0.3) is 11.2 Å². The number of carbonyl (C=O) groups excluding carboxylic acids is 2. The Kier molecular flexibility index (Phi) is 11.6. The summed E-state index contributed by atoms with van der Waals surface area (Å²) >= 11 is 13.1. The summed E-state index contributed by atoms with van der Waals surface area (Å²) in [5, 5.41) is 6.43. The number of amides is 1. The van der Waals surface area contributed by atoms with Gasteiger partial charge in [0.25, 0.3) is 6.43 Å². The van der Waals surface area contributed by atoms with Gasteiger partial charge in [-0.2, -0.15) is 18.2 Å². The van der Waals surface area contributed by atoms with Crippen molar-refractivity contribution < 1.29 is 36.3 Å². The van der Waals surface area contributed by atoms with Crippen molar-refractivity contribution in [3.8, 4) is 5.88 Å². The first-order valence-corrected chi connectivity index (χ1v) is 16.1. The van der Waals surface area contributed by atoms with E-state index in [0.29, 0.717) is 36.9 Å². The van der Waals surface area contributed by atoms with Crippen molar-refractivity contribution in [2.24, 2.45) is 24.3 Å². The minimum Gasteiger partial charge on any atom is -0.471 e. The highest BCUT2D eigenvalue weighted by Crippen LogP contribution is 2.41. The number of imidazole rings is 1. The van der Waals surface area contributed by atoms with Crippen LogP contribution in [0, 0.1) is 17.3 Å². The molecule has 0 aliphatic heterocycles. The first-order valence-electron chi connectivity index (χ1n) is 15.4. The summed E-state index contributed by atoms with van der Waals surface area (Å²) in [5.41, 5.74) is 0.791. The highest BCUT2D eigenvalue weighted by molar-refractivity contribution is 6.39. The Bertz CT molecular complexity index is 1600. The molecular formula is C32H38Cl2F5N5O3. The van der Waals surface area contributed by atoms with E-state index in [2.05, 4.69) is 20.6 Å². The molecule has 1 saturated carbocycles. The van der Waals surface area contributed by atoms with Gasteiger partial charge in [-0.1, -0.05) is 56.5 Å². The highest BCUT2D eigenvalue weighted by Gasteiger charge is 2.41. The Labute approximate surface area is 279 Å². The zero-order valence-electron chi connectivity index (χ0n) is 26.5. The zero-order valence-corrected chi connectivity index (χ0v) is 28.1. The fourth-order valence-corrected chi connectivity index (χ4v) is 6.05. The number of benzene rings is 1. The van der Waals surface area contributed by atoms with E-state index in [-0.39, 0.29) is 76.2 Å². The Morgan fingerprint density at radius 3 is 2.38 bits per heavy atom. The van der Waals surface area contributed by atoms with Crippen molar-refractivity contribution in [2.75, 3.05) is 11.9 Å². The monoisotopic (exact) mass is 705 g/mol. The third-order valence-electron chi connectivity index (χ3n) is 8.31. The fourth-order valence-electron chi connectivity index (χ4n) is 5.52. The molecule has 0 saturated heterocycles. The van der Waals surface area contributed by atoms with Gasteiger partial charge in [0.05, 0.1) is 27.2 Å². The summed E-state index contributed by atoms with van der Waals surface area (Å²) in [6.07, 6.45) is -4.90. The molecular weight excluding hydrogens is 668 g/mol. The molecule has 258 valence electrons. The topological polar surface area (TPSA) is 98.1 Å². The van der Waals surface area contributed by atoms with Gasteiger partial charge in [-0.25, -0.2) is 13.8 Å². The molecule has 0 unspecified atom stereocenters. The molecule has 8 nitrogen and oxygen atoms in total. The lowest BCUT2D eigenvalue weighted by molar-refractivity contribution is -0.184. The first-order chi connectivity index (χ1) is 22.0. The fraction of sp³-hybridized carbons (Fsp3) is 0.562. The smallest absolute Gasteiger partial charge is 0.391 e. The van der Waals surface area contributed by atoms with Crippen LogP contribution in [0.3, 0.4) is 0 Å². The van der Waals surface area contributed by atoms with Crippen LogP contribution >= 0.6 is 23.2 Å². The molecule has 0 spiro atoms. The number of anilines is 2. The molecule has 2 aromatic heterocycles. The van der Waals surface area contributed by atoms with Crippen molar-refractivity contribution in [3.63, 3.8) is 0 Å². The van der Waals surface area contributed by atoms with Crippen molar-refractivity contribution in [1.82, 2.24) is 19.9 Å². The molecule has 1 aliphatic rings. The standard InChI is InChI=1S/C32H38Cl2F5N5O3/c1-31(2,3)29(46)40-15-18-10-13-21(33)26(25(18)34)42-30-41-22-14-20(28(47-16-24(35)36)43-27(22)44(30)4)23(45)7-5-6-17-8-11-19(12-9-17)32(37,38)39/h10,13-14,17,19,24H,5-9,11-12,15-16H2,1-4H3,(H,40,46)(H,41,42). The van der Waals surface area contributed by atoms with Crippen LogP contribution in [0.15, 0.2) is 18.2 Å². The first kappa shape index (κ1) is 36.6. The minimum atomic E-state index is -4.18. The van der Waals surface area contributed by atoms with E-state index in [9.17, 15) is 31.5 Å². The van der Waals surface area contributed by atoms with E-state index in [1.807, 2.05) is 0 Å². The van der Waals surface area contributed by atoms with Crippen LogP contribution in [0.4, 0.5) is 33.6 Å². The summed E-state index contributed by atoms with van der Waals surface area (Å²) in [4.78, 5) is 34.6. The molecule has 3 aromatic rings. The van der Waals surface area contributed by atoms with Crippen molar-refractivity contribution in [3.05, 3.63) is 39.4 Å². The maximum Gasteiger partial charge on any atom is 0.391 e. The maximum absolute atomic E-state index is 13.3. The van der Waals surface area contributed by atoms with Crippen LogP contribution in [-0.2, 0) is 18.4 Å². The number of aryl methyl sites for hydroxylation is 1. The molecule has 0 radical (unpaired) electrons. The van der Waals surface area contributed by atoms with Crippen molar-refractivity contribution in [1.29, 1.82) is 0 Å². The quantitative estimate of drug-likeness (QED) is 0.144. The van der Waals surface area contributed by atoms with Crippen LogP contribution in [-0.4, -0.2) is 45.4 Å². The number of rotatable bonds is 12. The van der Waals surface area contributed by atoms with Crippen molar-refractivity contribution >= 4 is 57.7 Å². The summed E-state index contributed by atoms with van der Waals surface area (Å²) in [6, 6.07) is 4.73. The second-order valence-electron chi connectivity index (χ2n) is 12.9. The number of halogens is 7. The molecule has 0 atom stereocenters. The Morgan fingerprint density at radius 1 is 1.09 bits per heavy atom. The number of ether oxygens (including phenoxy) is 1. The van der Waals surface area contributed by atoms with E-state index in [1.54, 1.807) is 40.0 Å². The largest absolute Gasteiger partial charge is 0.471 e. The number of carbonyl (C=O) groups is 2. The maximum atomic E-state index is 13.3. The summed E-state index contributed by atoms with van der Waals surface area (Å²) in [7, 11) is 1.62. The molecule has 1 aliphatic carbocycles. The number of pyridine rings is 1. The van der Waals surface area contributed by atoms with E-state index in [1.165, 1.54) is 10.6 Å². The van der Waals surface area contributed by atoms with Gasteiger partial charge in [0.1, 0.15) is 5.52 Å². The van der Waals surface area contributed by atoms with Crippen LogP contribution in [0.2, 0.25) is 10.0 Å². The van der Waals surface area contributed by atoms with Crippen LogP contribution < -0.4 is 15.4 Å². The number of fused-ring (bicyclic) bond motifs is 1. The van der Waals surface area contributed by atoms with E-state index in [4.69, 9.17) is 27.9 Å². The Hall–Kier alpha value is -3.19. The lowest BCUT2D eigenvalue weighted by Gasteiger charge is -2.29. The van der Waals surface area contributed by atoms with Gasteiger partial charge in [0.2, 0.25) is 17.7 Å².